The summed E-state index contributed by atoms with van der Waals surface area (Å²) in [6.45, 7) is 0. The summed E-state index contributed by atoms with van der Waals surface area (Å²) >= 11 is 0. The van der Waals surface area contributed by atoms with Crippen LogP contribution in [0.5, 0.6) is 5.75 Å². The van der Waals surface area contributed by atoms with Crippen molar-refractivity contribution in [2.75, 3.05) is 7.11 Å². The molecule has 0 N–H and O–H groups in total. The van der Waals surface area contributed by atoms with Gasteiger partial charge in [0, 0.05) is 0 Å². The van der Waals surface area contributed by atoms with Gasteiger partial charge in [-0.05, 0) is 18.1 Å². The van der Waals surface area contributed by atoms with E-state index in [1.54, 1.807) is 0 Å². The average Bonchev–Trinajstić information content (AvgIpc) is 2.37. The van der Waals surface area contributed by atoms with Crippen molar-refractivity contribution < 1.29 is 14.3 Å². The Morgan fingerprint density at radius 2 is 2.35 bits per heavy atom. The van der Waals surface area contributed by atoms with Crippen LogP contribution in [0.25, 0.3) is 0 Å². The number of para-hydroxylation sites is 1. The molecular formula is C13H11NO3. The molecule has 0 bridgehead atoms. The molecule has 4 heteroatoms. The van der Waals surface area contributed by atoms with Gasteiger partial charge in [0.1, 0.15) is 17.4 Å². The molecule has 1 aromatic carbocycles. The molecule has 1 aliphatic rings. The van der Waals surface area contributed by atoms with Gasteiger partial charge in [0.25, 0.3) is 0 Å². The highest BCUT2D eigenvalue weighted by Crippen LogP contribution is 2.32. The first kappa shape index (κ1) is 11.2. The molecule has 1 unspecified atom stereocenters. The largest absolute Gasteiger partial charge is 0.466 e. The molecule has 1 aromatic rings. The van der Waals surface area contributed by atoms with Gasteiger partial charge in [-0.2, -0.15) is 5.26 Å². The maximum atomic E-state index is 11.2. The monoisotopic (exact) mass is 229 g/mol. The maximum Gasteiger partial charge on any atom is 0.333 e. The lowest BCUT2D eigenvalue weighted by Gasteiger charge is -2.23. The number of fused-ring (bicyclic) bond motifs is 1. The summed E-state index contributed by atoms with van der Waals surface area (Å²) in [5, 5.41) is 9.05. The molecule has 17 heavy (non-hydrogen) atoms. The van der Waals surface area contributed by atoms with E-state index in [1.165, 1.54) is 13.2 Å². The number of esters is 1. The van der Waals surface area contributed by atoms with Crippen molar-refractivity contribution in [1.29, 1.82) is 5.26 Å². The quantitative estimate of drug-likeness (QED) is 0.544. The van der Waals surface area contributed by atoms with Crippen LogP contribution in [0.1, 0.15) is 5.56 Å². The molecular weight excluding hydrogens is 218 g/mol. The minimum absolute atomic E-state index is 0.345. The van der Waals surface area contributed by atoms with Crippen LogP contribution in [0.4, 0.5) is 0 Å². The third-order valence-corrected chi connectivity index (χ3v) is 2.59. The molecule has 0 saturated carbocycles. The van der Waals surface area contributed by atoms with Gasteiger partial charge in [-0.15, -0.1) is 0 Å². The second kappa shape index (κ2) is 4.71. The number of nitrogens with zero attached hydrogens (tertiary/aromatic N) is 1. The van der Waals surface area contributed by atoms with E-state index in [0.29, 0.717) is 17.9 Å². The molecule has 0 aliphatic carbocycles. The van der Waals surface area contributed by atoms with E-state index in [2.05, 4.69) is 10.8 Å². The van der Waals surface area contributed by atoms with Crippen molar-refractivity contribution >= 4 is 5.97 Å². The standard InChI is InChI=1S/C13H11NO3/c1-16-13(15)7-12-10(8-14)6-9-4-2-3-5-11(9)17-12/h2-5,7,10H,6H2,1H3. The molecule has 0 fully saturated rings. The van der Waals surface area contributed by atoms with Crippen molar-refractivity contribution in [1.82, 2.24) is 0 Å². The maximum absolute atomic E-state index is 11.2. The van der Waals surface area contributed by atoms with Gasteiger partial charge in [-0.3, -0.25) is 0 Å². The Morgan fingerprint density at radius 3 is 3.06 bits per heavy atom. The summed E-state index contributed by atoms with van der Waals surface area (Å²) in [5.74, 6) is 0.0795. The highest BCUT2D eigenvalue weighted by Gasteiger charge is 2.25. The van der Waals surface area contributed by atoms with Crippen LogP contribution in [-0.4, -0.2) is 13.1 Å². The molecule has 1 heterocycles. The zero-order valence-electron chi connectivity index (χ0n) is 9.34. The predicted molar refractivity (Wildman–Crippen MR) is 60.0 cm³/mol. The van der Waals surface area contributed by atoms with Crippen molar-refractivity contribution in [3.05, 3.63) is 41.7 Å². The lowest BCUT2D eigenvalue weighted by Crippen LogP contribution is -2.19. The van der Waals surface area contributed by atoms with Crippen LogP contribution in [0.2, 0.25) is 0 Å². The Morgan fingerprint density at radius 1 is 1.59 bits per heavy atom. The zero-order chi connectivity index (χ0) is 12.3. The molecule has 1 atom stereocenters. The van der Waals surface area contributed by atoms with Gasteiger partial charge in [0.2, 0.25) is 0 Å². The molecule has 2 rings (SSSR count). The number of carbonyl (C=O) groups is 1. The Hall–Kier alpha value is -2.28. The van der Waals surface area contributed by atoms with E-state index < -0.39 is 11.9 Å². The number of benzene rings is 1. The Labute approximate surface area is 99.1 Å². The smallest absolute Gasteiger partial charge is 0.333 e. The van der Waals surface area contributed by atoms with Crippen LogP contribution in [0, 0.1) is 17.2 Å². The Kier molecular flexibility index (Phi) is 3.10. The molecule has 0 amide bonds. The lowest BCUT2D eigenvalue weighted by atomic mass is 9.95. The molecule has 0 saturated heterocycles. The summed E-state index contributed by atoms with van der Waals surface area (Å²) in [4.78, 5) is 11.2. The van der Waals surface area contributed by atoms with Crippen LogP contribution in [0.15, 0.2) is 36.1 Å². The van der Waals surface area contributed by atoms with E-state index >= 15 is 0 Å². The fourth-order valence-electron chi connectivity index (χ4n) is 1.71. The molecule has 86 valence electrons. The SMILES string of the molecule is COC(=O)C=C1Oc2ccccc2CC1C#N. The normalized spacial score (nSPS) is 20.0. The minimum atomic E-state index is -0.514. The minimum Gasteiger partial charge on any atom is -0.466 e. The average molecular weight is 229 g/mol. The fraction of sp³-hybridized carbons (Fsp3) is 0.231. The molecule has 4 nitrogen and oxygen atoms in total. The van der Waals surface area contributed by atoms with Crippen molar-refractivity contribution in [3.8, 4) is 11.8 Å². The summed E-state index contributed by atoms with van der Waals surface area (Å²) < 4.78 is 10.1. The first-order chi connectivity index (χ1) is 8.24. The summed E-state index contributed by atoms with van der Waals surface area (Å²) in [6.07, 6.45) is 1.78. The number of carbonyl (C=O) groups excluding carboxylic acids is 1. The fourth-order valence-corrected chi connectivity index (χ4v) is 1.71. The third-order valence-electron chi connectivity index (χ3n) is 2.59. The number of nitriles is 1. The van der Waals surface area contributed by atoms with Crippen LogP contribution in [0.3, 0.4) is 0 Å². The summed E-state index contributed by atoms with van der Waals surface area (Å²) in [5.41, 5.74) is 0.973. The number of rotatable bonds is 1. The van der Waals surface area contributed by atoms with Gasteiger partial charge in [0.15, 0.2) is 0 Å². The van der Waals surface area contributed by atoms with Crippen LogP contribution >= 0.6 is 0 Å². The second-order valence-corrected chi connectivity index (χ2v) is 3.67. The lowest BCUT2D eigenvalue weighted by molar-refractivity contribution is -0.135. The van der Waals surface area contributed by atoms with Gasteiger partial charge < -0.3 is 9.47 Å². The van der Waals surface area contributed by atoms with Gasteiger partial charge in [0.05, 0.1) is 19.3 Å². The Balaban J connectivity index is 2.34. The van der Waals surface area contributed by atoms with E-state index in [-0.39, 0.29) is 0 Å². The molecule has 0 spiro atoms. The van der Waals surface area contributed by atoms with Crippen molar-refractivity contribution in [2.24, 2.45) is 5.92 Å². The topological polar surface area (TPSA) is 59.3 Å². The first-order valence-electron chi connectivity index (χ1n) is 5.19. The summed E-state index contributed by atoms with van der Waals surface area (Å²) in [7, 11) is 1.29. The highest BCUT2D eigenvalue weighted by atomic mass is 16.5. The van der Waals surface area contributed by atoms with Gasteiger partial charge in [-0.25, -0.2) is 4.79 Å². The van der Waals surface area contributed by atoms with Crippen molar-refractivity contribution in [2.45, 2.75) is 6.42 Å². The first-order valence-corrected chi connectivity index (χ1v) is 5.19. The zero-order valence-corrected chi connectivity index (χ0v) is 9.34. The number of ether oxygens (including phenoxy) is 2. The van der Waals surface area contributed by atoms with E-state index in [0.717, 1.165) is 5.56 Å². The van der Waals surface area contributed by atoms with Crippen molar-refractivity contribution in [3.63, 3.8) is 0 Å². The van der Waals surface area contributed by atoms with Crippen LogP contribution < -0.4 is 4.74 Å². The number of allylic oxidation sites excluding steroid dienone is 1. The molecule has 1 aliphatic heterocycles. The predicted octanol–water partition coefficient (Wildman–Crippen LogP) is 1.82. The van der Waals surface area contributed by atoms with E-state index in [1.807, 2.05) is 24.3 Å². The molecule has 0 radical (unpaired) electrons. The number of methoxy groups -OCH3 is 1. The van der Waals surface area contributed by atoms with Gasteiger partial charge >= 0.3 is 5.97 Å². The van der Waals surface area contributed by atoms with Crippen LogP contribution in [-0.2, 0) is 16.0 Å². The van der Waals surface area contributed by atoms with Gasteiger partial charge in [-0.1, -0.05) is 18.2 Å². The Bertz CT molecular complexity index is 514. The van der Waals surface area contributed by atoms with E-state index in [9.17, 15) is 4.79 Å². The summed E-state index contributed by atoms with van der Waals surface area (Å²) in [6, 6.07) is 9.59. The highest BCUT2D eigenvalue weighted by molar-refractivity contribution is 5.82. The molecule has 0 aromatic heterocycles. The number of hydrogen-bond acceptors (Lipinski definition) is 4. The van der Waals surface area contributed by atoms with E-state index in [4.69, 9.17) is 10.00 Å². The second-order valence-electron chi connectivity index (χ2n) is 3.67. The number of hydrogen-bond donors (Lipinski definition) is 0. The third kappa shape index (κ3) is 2.28.